The predicted molar refractivity (Wildman–Crippen MR) is 122 cm³/mol. The van der Waals surface area contributed by atoms with Crippen LogP contribution in [0.4, 0.5) is 0 Å². The molecule has 0 aliphatic carbocycles. The molecule has 32 heavy (non-hydrogen) atoms. The van der Waals surface area contributed by atoms with Gasteiger partial charge < -0.3 is 20.4 Å². The lowest BCUT2D eigenvalue weighted by Crippen LogP contribution is -2.42. The number of nitrogens with one attached hydrogen (secondary N) is 1. The van der Waals surface area contributed by atoms with Crippen LogP contribution in [-0.4, -0.2) is 58.6 Å². The van der Waals surface area contributed by atoms with Crippen LogP contribution in [0, 0.1) is 0 Å². The predicted octanol–water partition coefficient (Wildman–Crippen LogP) is 3.03. The zero-order valence-corrected chi connectivity index (χ0v) is 18.6. The van der Waals surface area contributed by atoms with Gasteiger partial charge in [0.05, 0.1) is 15.6 Å². The maximum Gasteiger partial charge on any atom is 0.326 e. The van der Waals surface area contributed by atoms with E-state index in [-0.39, 0.29) is 27.9 Å². The fourth-order valence-electron chi connectivity index (χ4n) is 3.49. The van der Waals surface area contributed by atoms with Crippen molar-refractivity contribution in [2.24, 2.45) is 0 Å². The number of amides is 2. The van der Waals surface area contributed by atoms with Crippen LogP contribution in [0.25, 0.3) is 5.57 Å². The first-order valence-corrected chi connectivity index (χ1v) is 10.7. The lowest BCUT2D eigenvalue weighted by Gasteiger charge is -2.26. The van der Waals surface area contributed by atoms with Crippen molar-refractivity contribution in [1.29, 1.82) is 0 Å². The molecule has 0 aromatic heterocycles. The van der Waals surface area contributed by atoms with Crippen LogP contribution < -0.4 is 5.32 Å². The summed E-state index contributed by atoms with van der Waals surface area (Å²) >= 11 is 12.1. The molecule has 1 aliphatic rings. The molecular weight excluding hydrogens is 455 g/mol. The van der Waals surface area contributed by atoms with Crippen LogP contribution in [-0.2, 0) is 16.0 Å². The summed E-state index contributed by atoms with van der Waals surface area (Å²) < 4.78 is 0. The number of carboxylic acid groups (broad SMARTS) is 1. The molecule has 1 heterocycles. The second-order valence-electron chi connectivity index (χ2n) is 7.34. The van der Waals surface area contributed by atoms with Gasteiger partial charge in [-0.1, -0.05) is 59.6 Å². The summed E-state index contributed by atoms with van der Waals surface area (Å²) in [5.74, 6) is -2.12. The zero-order chi connectivity index (χ0) is 23.3. The number of rotatable bonds is 7. The molecule has 1 aliphatic heterocycles. The number of aliphatic carboxylic acids is 1. The van der Waals surface area contributed by atoms with Gasteiger partial charge in [-0.3, -0.25) is 9.59 Å². The molecule has 9 heteroatoms. The van der Waals surface area contributed by atoms with Gasteiger partial charge in [0.1, 0.15) is 12.6 Å². The standard InChI is InChI=1S/C23H22Cl2N2O5/c24-17-2-1-3-18(25)21(17)22(30)26-19(23(31)32)12-14-4-6-15(7-5-14)16-8-10-27(11-9-16)20(29)13-28/h1-8,19,28H,9-13H2,(H,26,30)(H,31,32)/t19-/m0/s1. The number of nitrogens with zero attached hydrogens (tertiary/aromatic N) is 1. The highest BCUT2D eigenvalue weighted by atomic mass is 35.5. The van der Waals surface area contributed by atoms with Gasteiger partial charge in [0, 0.05) is 19.5 Å². The summed E-state index contributed by atoms with van der Waals surface area (Å²) in [5.41, 5.74) is 2.83. The van der Waals surface area contributed by atoms with Crippen LogP contribution in [0.5, 0.6) is 0 Å². The topological polar surface area (TPSA) is 107 Å². The fraction of sp³-hybridized carbons (Fsp3) is 0.261. The van der Waals surface area contributed by atoms with Crippen LogP contribution in [0.2, 0.25) is 10.0 Å². The minimum atomic E-state index is -1.17. The highest BCUT2D eigenvalue weighted by molar-refractivity contribution is 6.39. The van der Waals surface area contributed by atoms with E-state index in [1.807, 2.05) is 30.3 Å². The molecule has 0 radical (unpaired) electrons. The van der Waals surface area contributed by atoms with Gasteiger partial charge in [-0.15, -0.1) is 0 Å². The molecule has 0 unspecified atom stereocenters. The minimum Gasteiger partial charge on any atom is -0.480 e. The minimum absolute atomic E-state index is 0.0374. The van der Waals surface area contributed by atoms with Crippen molar-refractivity contribution in [3.8, 4) is 0 Å². The quantitative estimate of drug-likeness (QED) is 0.569. The Morgan fingerprint density at radius 2 is 1.72 bits per heavy atom. The van der Waals surface area contributed by atoms with E-state index in [4.69, 9.17) is 28.3 Å². The molecule has 168 valence electrons. The molecule has 3 N–H and O–H groups in total. The summed E-state index contributed by atoms with van der Waals surface area (Å²) in [5, 5.41) is 21.3. The van der Waals surface area contributed by atoms with E-state index >= 15 is 0 Å². The van der Waals surface area contributed by atoms with Gasteiger partial charge in [-0.25, -0.2) is 4.79 Å². The summed E-state index contributed by atoms with van der Waals surface area (Å²) in [4.78, 5) is 37.4. The number of carboxylic acids is 1. The Labute approximate surface area is 195 Å². The largest absolute Gasteiger partial charge is 0.480 e. The van der Waals surface area contributed by atoms with E-state index in [2.05, 4.69) is 5.32 Å². The molecule has 2 aromatic carbocycles. The molecule has 3 rings (SSSR count). The van der Waals surface area contributed by atoms with E-state index < -0.39 is 24.5 Å². The molecule has 2 amide bonds. The van der Waals surface area contributed by atoms with Crippen LogP contribution in [0.15, 0.2) is 48.5 Å². The third-order valence-corrected chi connectivity index (χ3v) is 5.88. The normalized spacial score (nSPS) is 14.5. The Balaban J connectivity index is 1.67. The molecular formula is C23H22Cl2N2O5. The van der Waals surface area contributed by atoms with Gasteiger partial charge in [0.25, 0.3) is 5.91 Å². The maximum absolute atomic E-state index is 12.6. The van der Waals surface area contributed by atoms with Crippen molar-refractivity contribution >= 4 is 46.6 Å². The van der Waals surface area contributed by atoms with Gasteiger partial charge in [0.2, 0.25) is 5.91 Å². The van der Waals surface area contributed by atoms with E-state index in [1.165, 1.54) is 12.1 Å². The maximum atomic E-state index is 12.6. The first kappa shape index (κ1) is 23.8. The number of aliphatic hydroxyl groups excluding tert-OH is 1. The van der Waals surface area contributed by atoms with Crippen LogP contribution in [0.3, 0.4) is 0 Å². The SMILES string of the molecule is O=C(N[C@@H](Cc1ccc(C2=CCN(C(=O)CO)CC2)cc1)C(=O)O)c1c(Cl)cccc1Cl. The fourth-order valence-corrected chi connectivity index (χ4v) is 4.06. The molecule has 1 atom stereocenters. The first-order chi connectivity index (χ1) is 15.3. The van der Waals surface area contributed by atoms with Crippen molar-refractivity contribution in [3.05, 3.63) is 75.3 Å². The van der Waals surface area contributed by atoms with Crippen molar-refractivity contribution in [2.75, 3.05) is 19.7 Å². The van der Waals surface area contributed by atoms with Gasteiger partial charge in [0.15, 0.2) is 0 Å². The number of benzene rings is 2. The second-order valence-corrected chi connectivity index (χ2v) is 8.15. The Morgan fingerprint density at radius 3 is 2.25 bits per heavy atom. The summed E-state index contributed by atoms with van der Waals surface area (Å²) in [6.45, 7) is 0.473. The van der Waals surface area contributed by atoms with Crippen molar-refractivity contribution < 1.29 is 24.6 Å². The molecule has 0 fully saturated rings. The second kappa shape index (κ2) is 10.6. The molecule has 2 aromatic rings. The van der Waals surface area contributed by atoms with Crippen LogP contribution in [0.1, 0.15) is 27.9 Å². The summed E-state index contributed by atoms with van der Waals surface area (Å²) in [7, 11) is 0. The average molecular weight is 477 g/mol. The van der Waals surface area contributed by atoms with E-state index in [0.717, 1.165) is 16.7 Å². The lowest BCUT2D eigenvalue weighted by molar-refractivity contribution is -0.139. The molecule has 0 saturated carbocycles. The highest BCUT2D eigenvalue weighted by Crippen LogP contribution is 2.25. The van der Waals surface area contributed by atoms with Gasteiger partial charge in [-0.2, -0.15) is 0 Å². The smallest absolute Gasteiger partial charge is 0.326 e. The van der Waals surface area contributed by atoms with E-state index in [1.54, 1.807) is 11.0 Å². The monoisotopic (exact) mass is 476 g/mol. The van der Waals surface area contributed by atoms with Crippen molar-refractivity contribution in [1.82, 2.24) is 10.2 Å². The Bertz CT molecular complexity index is 1030. The number of aliphatic hydroxyl groups is 1. The van der Waals surface area contributed by atoms with Gasteiger partial charge >= 0.3 is 5.97 Å². The third-order valence-electron chi connectivity index (χ3n) is 5.25. The van der Waals surface area contributed by atoms with E-state index in [9.17, 15) is 19.5 Å². The number of carbonyl (C=O) groups excluding carboxylic acids is 2. The van der Waals surface area contributed by atoms with Crippen molar-refractivity contribution in [2.45, 2.75) is 18.9 Å². The highest BCUT2D eigenvalue weighted by Gasteiger charge is 2.24. The Kier molecular flexibility index (Phi) is 7.90. The third kappa shape index (κ3) is 5.68. The molecule has 0 spiro atoms. The van der Waals surface area contributed by atoms with Crippen molar-refractivity contribution in [3.63, 3.8) is 0 Å². The first-order valence-electron chi connectivity index (χ1n) is 9.94. The number of carbonyl (C=O) groups is 3. The van der Waals surface area contributed by atoms with Gasteiger partial charge in [-0.05, 0) is 35.3 Å². The molecule has 0 bridgehead atoms. The molecule has 7 nitrogen and oxygen atoms in total. The summed E-state index contributed by atoms with van der Waals surface area (Å²) in [6, 6.07) is 10.9. The van der Waals surface area contributed by atoms with Crippen LogP contribution >= 0.6 is 23.2 Å². The zero-order valence-electron chi connectivity index (χ0n) is 17.1. The average Bonchev–Trinajstić information content (AvgIpc) is 2.78. The Hall–Kier alpha value is -2.87. The van der Waals surface area contributed by atoms with E-state index in [0.29, 0.717) is 19.5 Å². The number of halogens is 2. The summed E-state index contributed by atoms with van der Waals surface area (Å²) in [6.07, 6.45) is 2.69. The lowest BCUT2D eigenvalue weighted by atomic mass is 9.96. The Morgan fingerprint density at radius 1 is 1.06 bits per heavy atom. The molecule has 0 saturated heterocycles. The number of hydrogen-bond acceptors (Lipinski definition) is 4. The number of hydrogen-bond donors (Lipinski definition) is 3.